The van der Waals surface area contributed by atoms with Crippen molar-refractivity contribution in [2.24, 2.45) is 0 Å². The topological polar surface area (TPSA) is 65.6 Å². The Morgan fingerprint density at radius 2 is 1.79 bits per heavy atom. The van der Waals surface area contributed by atoms with E-state index in [1.807, 2.05) is 24.3 Å². The first-order valence-electron chi connectivity index (χ1n) is 12.5. The van der Waals surface area contributed by atoms with Gasteiger partial charge in [0.05, 0.1) is 13.2 Å². The lowest BCUT2D eigenvalue weighted by Crippen LogP contribution is -2.50. The van der Waals surface area contributed by atoms with Crippen molar-refractivity contribution >= 4 is 16.9 Å². The summed E-state index contributed by atoms with van der Waals surface area (Å²) in [6, 6.07) is 11.9. The highest BCUT2D eigenvalue weighted by Crippen LogP contribution is 2.44. The third kappa shape index (κ3) is 4.87. The summed E-state index contributed by atoms with van der Waals surface area (Å²) >= 11 is 0. The van der Waals surface area contributed by atoms with Crippen LogP contribution in [0.4, 0.5) is 17.6 Å². The van der Waals surface area contributed by atoms with Gasteiger partial charge < -0.3 is 14.8 Å². The average Bonchev–Trinajstić information content (AvgIpc) is 3.25. The summed E-state index contributed by atoms with van der Waals surface area (Å²) in [5, 5.41) is 10.2. The average molecular weight is 541 g/mol. The van der Waals surface area contributed by atoms with Crippen molar-refractivity contribution in [3.63, 3.8) is 0 Å². The van der Waals surface area contributed by atoms with E-state index >= 15 is 8.78 Å². The van der Waals surface area contributed by atoms with Gasteiger partial charge in [0.15, 0.2) is 0 Å². The van der Waals surface area contributed by atoms with Crippen LogP contribution in [0.5, 0.6) is 5.75 Å². The third-order valence-corrected chi connectivity index (χ3v) is 7.21. The molecule has 4 aromatic rings. The number of benzene rings is 3. The summed E-state index contributed by atoms with van der Waals surface area (Å²) in [6.07, 6.45) is 0.263. The Bertz CT molecular complexity index is 1540. The molecule has 1 aliphatic rings. The first-order valence-corrected chi connectivity index (χ1v) is 12.5. The van der Waals surface area contributed by atoms with Gasteiger partial charge in [-0.15, -0.1) is 0 Å². The van der Waals surface area contributed by atoms with E-state index in [-0.39, 0.29) is 35.4 Å². The maximum atomic E-state index is 16.0. The summed E-state index contributed by atoms with van der Waals surface area (Å²) < 4.78 is 66.5. The summed E-state index contributed by atoms with van der Waals surface area (Å²) in [5.41, 5.74) is 0.346. The Kier molecular flexibility index (Phi) is 6.88. The molecule has 1 aliphatic heterocycles. The Balaban J connectivity index is 1.68. The summed E-state index contributed by atoms with van der Waals surface area (Å²) in [5.74, 6) is -2.93. The molecule has 0 radical (unpaired) electrons. The minimum Gasteiger partial charge on any atom is -0.496 e. The number of fused-ring (bicyclic) bond motifs is 3. The summed E-state index contributed by atoms with van der Waals surface area (Å²) in [4.78, 5) is 16.2. The van der Waals surface area contributed by atoms with Gasteiger partial charge in [0.2, 0.25) is 0 Å². The van der Waals surface area contributed by atoms with Gasteiger partial charge in [-0.05, 0) is 67.3 Å². The van der Waals surface area contributed by atoms with Gasteiger partial charge in [0.1, 0.15) is 35.3 Å². The molecule has 0 saturated carbocycles. The second-order valence-electron chi connectivity index (χ2n) is 10.4. The molecule has 204 valence electrons. The molecule has 1 aromatic heterocycles. The number of para-hydroxylation sites is 1. The number of halogens is 4. The molecular formula is C30H28F4N2O3. The number of alkyl halides is 2. The van der Waals surface area contributed by atoms with Gasteiger partial charge in [-0.3, -0.25) is 4.90 Å². The lowest BCUT2D eigenvalue weighted by atomic mass is 9.86. The lowest BCUT2D eigenvalue weighted by molar-refractivity contribution is 0.0477. The first kappa shape index (κ1) is 26.7. The number of ether oxygens (including phenoxy) is 1. The Morgan fingerprint density at radius 1 is 1.10 bits per heavy atom. The summed E-state index contributed by atoms with van der Waals surface area (Å²) in [7, 11) is 1.30. The fraction of sp³-hybridized carbons (Fsp3) is 0.300. The Labute approximate surface area is 223 Å². The fourth-order valence-electron chi connectivity index (χ4n) is 5.57. The van der Waals surface area contributed by atoms with Crippen LogP contribution in [0.15, 0.2) is 54.6 Å². The molecule has 5 rings (SSSR count). The van der Waals surface area contributed by atoms with Gasteiger partial charge in [-0.1, -0.05) is 24.3 Å². The third-order valence-electron chi connectivity index (χ3n) is 7.21. The molecule has 0 amide bonds. The van der Waals surface area contributed by atoms with Gasteiger partial charge in [-0.2, -0.15) is 0 Å². The number of aromatic amines is 1. The molecule has 2 heterocycles. The molecule has 0 fully saturated rings. The van der Waals surface area contributed by atoms with Gasteiger partial charge in [-0.25, -0.2) is 22.4 Å². The highest BCUT2D eigenvalue weighted by Gasteiger charge is 2.42. The molecule has 5 nitrogen and oxygen atoms in total. The van der Waals surface area contributed by atoms with Crippen molar-refractivity contribution in [3.8, 4) is 16.9 Å². The number of nitrogens with zero attached hydrogens (tertiary/aromatic N) is 1. The van der Waals surface area contributed by atoms with E-state index in [0.717, 1.165) is 28.6 Å². The highest BCUT2D eigenvalue weighted by atomic mass is 19.1. The van der Waals surface area contributed by atoms with E-state index in [2.05, 4.69) is 4.98 Å². The van der Waals surface area contributed by atoms with Crippen LogP contribution in [-0.4, -0.2) is 53.0 Å². The largest absolute Gasteiger partial charge is 0.496 e. The van der Waals surface area contributed by atoms with Crippen LogP contribution >= 0.6 is 0 Å². The molecule has 0 saturated heterocycles. The van der Waals surface area contributed by atoms with Crippen molar-refractivity contribution in [1.29, 1.82) is 0 Å². The number of carbonyl (C=O) groups is 1. The molecule has 0 bridgehead atoms. The number of aromatic carboxylic acids is 1. The number of nitrogens with one attached hydrogen (secondary N) is 1. The molecule has 39 heavy (non-hydrogen) atoms. The van der Waals surface area contributed by atoms with Crippen molar-refractivity contribution in [2.45, 2.75) is 38.0 Å². The smallest absolute Gasteiger partial charge is 0.339 e. The maximum absolute atomic E-state index is 16.0. The number of rotatable bonds is 7. The van der Waals surface area contributed by atoms with Crippen LogP contribution in [-0.2, 0) is 6.42 Å². The first-order chi connectivity index (χ1) is 18.5. The van der Waals surface area contributed by atoms with Gasteiger partial charge >= 0.3 is 5.97 Å². The van der Waals surface area contributed by atoms with E-state index in [1.165, 1.54) is 44.1 Å². The van der Waals surface area contributed by atoms with Crippen LogP contribution < -0.4 is 4.74 Å². The predicted octanol–water partition coefficient (Wildman–Crippen LogP) is 6.85. The van der Waals surface area contributed by atoms with Crippen molar-refractivity contribution in [1.82, 2.24) is 9.88 Å². The Hall–Kier alpha value is -3.85. The van der Waals surface area contributed by atoms with Gasteiger partial charge in [0.25, 0.3) is 0 Å². The maximum Gasteiger partial charge on any atom is 0.339 e. The van der Waals surface area contributed by atoms with Crippen LogP contribution in [0.2, 0.25) is 0 Å². The number of hydrogen-bond acceptors (Lipinski definition) is 3. The highest BCUT2D eigenvalue weighted by molar-refractivity contribution is 5.92. The summed E-state index contributed by atoms with van der Waals surface area (Å²) in [6.45, 7) is 1.65. The number of carboxylic acid groups (broad SMARTS) is 1. The molecule has 2 N–H and O–H groups in total. The second-order valence-corrected chi connectivity index (χ2v) is 10.4. The second kappa shape index (κ2) is 10.0. The number of hydrogen-bond donors (Lipinski definition) is 2. The quantitative estimate of drug-likeness (QED) is 0.252. The van der Waals surface area contributed by atoms with E-state index in [4.69, 9.17) is 4.74 Å². The molecule has 9 heteroatoms. The number of H-pyrrole nitrogens is 1. The lowest BCUT2D eigenvalue weighted by Gasteiger charge is -2.43. The van der Waals surface area contributed by atoms with E-state index < -0.39 is 42.0 Å². The normalized spacial score (nSPS) is 17.8. The van der Waals surface area contributed by atoms with Crippen LogP contribution in [0, 0.1) is 11.6 Å². The predicted molar refractivity (Wildman–Crippen MR) is 141 cm³/mol. The SMILES string of the molecule is COc1cc(-c2cc(F)c([C@@H]3c4[nH]c5ccccc5c4C[C@@H](CF)N3CC(C)(C)F)c(F)c2)ccc1C(=O)O. The van der Waals surface area contributed by atoms with E-state index in [1.54, 1.807) is 0 Å². The number of carboxylic acids is 1. The number of methoxy groups -OCH3 is 1. The monoisotopic (exact) mass is 540 g/mol. The zero-order valence-electron chi connectivity index (χ0n) is 21.7. The zero-order valence-corrected chi connectivity index (χ0v) is 21.7. The van der Waals surface area contributed by atoms with E-state index in [9.17, 15) is 18.7 Å². The fourth-order valence-corrected chi connectivity index (χ4v) is 5.57. The molecule has 2 atom stereocenters. The van der Waals surface area contributed by atoms with Crippen LogP contribution in [0.1, 0.15) is 47.1 Å². The molecule has 3 aromatic carbocycles. The number of aromatic nitrogens is 1. The minimum atomic E-state index is -1.76. The molecule has 0 spiro atoms. The standard InChI is InChI=1S/C30H28F4N2O3/c1-30(2,34)15-36-18(14-31)13-21-19-6-4-5-7-24(19)35-27(21)28(36)26-22(32)10-17(11-23(26)33)16-8-9-20(29(37)38)25(12-16)39-3/h4-12,18,28,35H,13-15H2,1-3H3,(H,37,38)/t18-,28+/m0/s1. The molecule has 0 aliphatic carbocycles. The molecular weight excluding hydrogens is 512 g/mol. The van der Waals surface area contributed by atoms with Crippen molar-refractivity contribution < 1.29 is 32.2 Å². The minimum absolute atomic E-state index is 0.0435. The molecule has 0 unspecified atom stereocenters. The van der Waals surface area contributed by atoms with Crippen LogP contribution in [0.3, 0.4) is 0 Å². The Morgan fingerprint density at radius 3 is 2.41 bits per heavy atom. The van der Waals surface area contributed by atoms with Gasteiger partial charge in [0, 0.05) is 34.7 Å². The van der Waals surface area contributed by atoms with Crippen molar-refractivity contribution in [3.05, 3.63) is 88.6 Å². The van der Waals surface area contributed by atoms with E-state index in [0.29, 0.717) is 11.3 Å². The van der Waals surface area contributed by atoms with Crippen molar-refractivity contribution in [2.75, 3.05) is 20.3 Å². The zero-order chi connectivity index (χ0) is 28.1. The van der Waals surface area contributed by atoms with Crippen LogP contribution in [0.25, 0.3) is 22.0 Å².